The molecule has 2 aromatic rings. The van der Waals surface area contributed by atoms with Gasteiger partial charge in [0.1, 0.15) is 11.6 Å². The summed E-state index contributed by atoms with van der Waals surface area (Å²) in [6.07, 6.45) is 2.06. The standard InChI is InChI=1S/C18H21ClFN5O/c1-21-18(26)16-6-7-17(24-23-16)22-14-3-2-8-25(11-14)10-12-4-5-13(20)9-15(12)19/h4-7,9,14H,2-3,8,10-11H2,1H3,(H,21,26)(H,22,24). The average molecular weight is 378 g/mol. The molecule has 2 heterocycles. The fourth-order valence-electron chi connectivity index (χ4n) is 3.08. The Labute approximate surface area is 156 Å². The summed E-state index contributed by atoms with van der Waals surface area (Å²) < 4.78 is 13.2. The summed E-state index contributed by atoms with van der Waals surface area (Å²) in [6.45, 7) is 2.47. The van der Waals surface area contributed by atoms with E-state index >= 15 is 0 Å². The Morgan fingerprint density at radius 3 is 2.88 bits per heavy atom. The zero-order chi connectivity index (χ0) is 18.5. The van der Waals surface area contributed by atoms with Gasteiger partial charge in [0.25, 0.3) is 5.91 Å². The molecule has 3 rings (SSSR count). The number of likely N-dealkylation sites (tertiary alicyclic amines) is 1. The number of rotatable bonds is 5. The van der Waals surface area contributed by atoms with Crippen molar-refractivity contribution >= 4 is 23.3 Å². The monoisotopic (exact) mass is 377 g/mol. The first kappa shape index (κ1) is 18.5. The summed E-state index contributed by atoms with van der Waals surface area (Å²) >= 11 is 6.13. The van der Waals surface area contributed by atoms with Gasteiger partial charge in [0.05, 0.1) is 0 Å². The van der Waals surface area contributed by atoms with E-state index < -0.39 is 0 Å². The SMILES string of the molecule is CNC(=O)c1ccc(NC2CCCN(Cc3ccc(F)cc3Cl)C2)nn1. The van der Waals surface area contributed by atoms with E-state index in [1.54, 1.807) is 25.2 Å². The molecule has 2 N–H and O–H groups in total. The molecule has 1 saturated heterocycles. The van der Waals surface area contributed by atoms with Crippen LogP contribution in [0.4, 0.5) is 10.2 Å². The number of halogens is 2. The second-order valence-corrected chi connectivity index (χ2v) is 6.74. The Bertz CT molecular complexity index is 771. The van der Waals surface area contributed by atoms with Crippen LogP contribution in [0.15, 0.2) is 30.3 Å². The highest BCUT2D eigenvalue weighted by atomic mass is 35.5. The van der Waals surface area contributed by atoms with Gasteiger partial charge < -0.3 is 10.6 Å². The van der Waals surface area contributed by atoms with Gasteiger partial charge >= 0.3 is 0 Å². The molecule has 8 heteroatoms. The van der Waals surface area contributed by atoms with E-state index in [2.05, 4.69) is 25.7 Å². The Balaban J connectivity index is 1.59. The van der Waals surface area contributed by atoms with Crippen molar-refractivity contribution in [3.05, 3.63) is 52.4 Å². The van der Waals surface area contributed by atoms with Gasteiger partial charge in [-0.05, 0) is 49.2 Å². The van der Waals surface area contributed by atoms with Crippen LogP contribution in [-0.2, 0) is 6.54 Å². The summed E-state index contributed by atoms with van der Waals surface area (Å²) in [7, 11) is 1.56. The van der Waals surface area contributed by atoms with Gasteiger partial charge in [0.2, 0.25) is 0 Å². The molecule has 0 aliphatic carbocycles. The molecule has 1 aliphatic rings. The zero-order valence-electron chi connectivity index (χ0n) is 14.5. The third-order valence-electron chi connectivity index (χ3n) is 4.39. The lowest BCUT2D eigenvalue weighted by atomic mass is 10.0. The van der Waals surface area contributed by atoms with Crippen molar-refractivity contribution in [1.82, 2.24) is 20.4 Å². The maximum atomic E-state index is 13.2. The molecule has 26 heavy (non-hydrogen) atoms. The van der Waals surface area contributed by atoms with Crippen LogP contribution < -0.4 is 10.6 Å². The molecule has 138 valence electrons. The molecular formula is C18H21ClFN5O. The Kier molecular flexibility index (Phi) is 6.00. The number of benzene rings is 1. The normalized spacial score (nSPS) is 17.7. The Hall–Kier alpha value is -2.25. The van der Waals surface area contributed by atoms with Gasteiger partial charge in [-0.25, -0.2) is 4.39 Å². The summed E-state index contributed by atoms with van der Waals surface area (Å²) in [6, 6.07) is 8.14. The number of hydrogen-bond acceptors (Lipinski definition) is 5. The van der Waals surface area contributed by atoms with Crippen LogP contribution in [0.25, 0.3) is 0 Å². The fourth-order valence-corrected chi connectivity index (χ4v) is 3.30. The quantitative estimate of drug-likeness (QED) is 0.838. The van der Waals surface area contributed by atoms with Crippen LogP contribution in [0.5, 0.6) is 0 Å². The van der Waals surface area contributed by atoms with E-state index in [0.717, 1.165) is 31.5 Å². The van der Waals surface area contributed by atoms with E-state index in [9.17, 15) is 9.18 Å². The second-order valence-electron chi connectivity index (χ2n) is 6.34. The number of nitrogens with zero attached hydrogens (tertiary/aromatic N) is 3. The first-order valence-corrected chi connectivity index (χ1v) is 8.91. The maximum absolute atomic E-state index is 13.2. The molecule has 0 bridgehead atoms. The minimum absolute atomic E-state index is 0.225. The highest BCUT2D eigenvalue weighted by Gasteiger charge is 2.21. The van der Waals surface area contributed by atoms with Gasteiger partial charge in [0, 0.05) is 31.2 Å². The predicted molar refractivity (Wildman–Crippen MR) is 98.8 cm³/mol. The van der Waals surface area contributed by atoms with Gasteiger partial charge in [-0.1, -0.05) is 17.7 Å². The molecule has 1 aliphatic heterocycles. The number of carbonyl (C=O) groups is 1. The predicted octanol–water partition coefficient (Wildman–Crippen LogP) is 2.71. The summed E-state index contributed by atoms with van der Waals surface area (Å²) in [5, 5.41) is 14.3. The van der Waals surface area contributed by atoms with Gasteiger partial charge in [-0.3, -0.25) is 9.69 Å². The Morgan fingerprint density at radius 1 is 1.35 bits per heavy atom. The number of nitrogens with one attached hydrogen (secondary N) is 2. The lowest BCUT2D eigenvalue weighted by Gasteiger charge is -2.33. The molecule has 1 aromatic heterocycles. The summed E-state index contributed by atoms with van der Waals surface area (Å²) in [4.78, 5) is 13.8. The van der Waals surface area contributed by atoms with Crippen LogP contribution in [0.2, 0.25) is 5.02 Å². The molecule has 1 unspecified atom stereocenters. The molecule has 1 amide bonds. The smallest absolute Gasteiger partial charge is 0.271 e. The minimum atomic E-state index is -0.323. The number of anilines is 1. The highest BCUT2D eigenvalue weighted by molar-refractivity contribution is 6.31. The molecular weight excluding hydrogens is 357 g/mol. The lowest BCUT2D eigenvalue weighted by molar-refractivity contribution is 0.0957. The molecule has 0 saturated carbocycles. The van der Waals surface area contributed by atoms with Gasteiger partial charge in [0.15, 0.2) is 5.69 Å². The van der Waals surface area contributed by atoms with Crippen LogP contribution >= 0.6 is 11.6 Å². The lowest BCUT2D eigenvalue weighted by Crippen LogP contribution is -2.41. The second kappa shape index (κ2) is 8.42. The van der Waals surface area contributed by atoms with E-state index in [4.69, 9.17) is 11.6 Å². The Morgan fingerprint density at radius 2 is 2.19 bits per heavy atom. The van der Waals surface area contributed by atoms with E-state index in [1.165, 1.54) is 12.1 Å². The molecule has 0 radical (unpaired) electrons. The van der Waals surface area contributed by atoms with Crippen LogP contribution in [0.3, 0.4) is 0 Å². The number of amides is 1. The van der Waals surface area contributed by atoms with E-state index in [1.807, 2.05) is 0 Å². The molecule has 1 atom stereocenters. The topological polar surface area (TPSA) is 70.2 Å². The van der Waals surface area contributed by atoms with Crippen LogP contribution in [-0.4, -0.2) is 47.2 Å². The van der Waals surface area contributed by atoms with Crippen molar-refractivity contribution in [2.24, 2.45) is 0 Å². The zero-order valence-corrected chi connectivity index (χ0v) is 15.3. The highest BCUT2D eigenvalue weighted by Crippen LogP contribution is 2.22. The third kappa shape index (κ3) is 4.68. The number of aromatic nitrogens is 2. The summed E-state index contributed by atoms with van der Waals surface area (Å²) in [5.74, 6) is 0.0594. The molecule has 1 fully saturated rings. The molecule has 0 spiro atoms. The fraction of sp³-hybridized carbons (Fsp3) is 0.389. The van der Waals surface area contributed by atoms with Crippen molar-refractivity contribution in [3.8, 4) is 0 Å². The van der Waals surface area contributed by atoms with Crippen molar-refractivity contribution in [2.45, 2.75) is 25.4 Å². The van der Waals surface area contributed by atoms with E-state index in [0.29, 0.717) is 17.4 Å². The number of carbonyl (C=O) groups excluding carboxylic acids is 1. The first-order valence-electron chi connectivity index (χ1n) is 8.54. The number of hydrogen-bond donors (Lipinski definition) is 2. The minimum Gasteiger partial charge on any atom is -0.365 e. The first-order chi connectivity index (χ1) is 12.5. The molecule has 1 aromatic carbocycles. The van der Waals surface area contributed by atoms with Crippen molar-refractivity contribution in [2.75, 3.05) is 25.5 Å². The van der Waals surface area contributed by atoms with Crippen LogP contribution in [0.1, 0.15) is 28.9 Å². The summed E-state index contributed by atoms with van der Waals surface area (Å²) in [5.41, 5.74) is 1.21. The maximum Gasteiger partial charge on any atom is 0.271 e. The third-order valence-corrected chi connectivity index (χ3v) is 4.74. The van der Waals surface area contributed by atoms with Crippen molar-refractivity contribution in [1.29, 1.82) is 0 Å². The van der Waals surface area contributed by atoms with Crippen LogP contribution in [0, 0.1) is 5.82 Å². The van der Waals surface area contributed by atoms with Gasteiger partial charge in [-0.2, -0.15) is 0 Å². The van der Waals surface area contributed by atoms with Crippen molar-refractivity contribution in [3.63, 3.8) is 0 Å². The van der Waals surface area contributed by atoms with Gasteiger partial charge in [-0.15, -0.1) is 10.2 Å². The largest absolute Gasteiger partial charge is 0.365 e. The van der Waals surface area contributed by atoms with E-state index in [-0.39, 0.29) is 23.5 Å². The molecule has 6 nitrogen and oxygen atoms in total. The number of piperidine rings is 1. The van der Waals surface area contributed by atoms with Crippen molar-refractivity contribution < 1.29 is 9.18 Å². The average Bonchev–Trinajstić information content (AvgIpc) is 2.64.